The zero-order valence-electron chi connectivity index (χ0n) is 12.2. The van der Waals surface area contributed by atoms with Gasteiger partial charge in [0, 0.05) is 17.0 Å². The molecule has 1 heterocycles. The summed E-state index contributed by atoms with van der Waals surface area (Å²) in [5, 5.41) is 3.58. The maximum atomic E-state index is 5.74. The molecule has 1 fully saturated rings. The molecular formula is C17H25NO. The molecule has 2 aliphatic rings. The molecule has 1 aromatic rings. The summed E-state index contributed by atoms with van der Waals surface area (Å²) in [5.74, 6) is 1.09. The van der Waals surface area contributed by atoms with Crippen LogP contribution in [0.1, 0.15) is 50.7 Å². The molecule has 2 heteroatoms. The number of hydrogen-bond acceptors (Lipinski definition) is 2. The molecule has 19 heavy (non-hydrogen) atoms. The van der Waals surface area contributed by atoms with E-state index in [1.165, 1.54) is 49.8 Å². The van der Waals surface area contributed by atoms with Crippen LogP contribution in [0.5, 0.6) is 5.75 Å². The van der Waals surface area contributed by atoms with Gasteiger partial charge in [-0.25, -0.2) is 0 Å². The first-order chi connectivity index (χ1) is 9.15. The summed E-state index contributed by atoms with van der Waals surface area (Å²) in [6.45, 7) is 6.53. The third-order valence-corrected chi connectivity index (χ3v) is 4.26. The Balaban J connectivity index is 1.51. The minimum absolute atomic E-state index is 0.179. The van der Waals surface area contributed by atoms with Gasteiger partial charge >= 0.3 is 0 Å². The summed E-state index contributed by atoms with van der Waals surface area (Å²) < 4.78 is 5.74. The molecule has 0 amide bonds. The second-order valence-corrected chi connectivity index (χ2v) is 6.69. The lowest BCUT2D eigenvalue weighted by Crippen LogP contribution is -2.18. The van der Waals surface area contributed by atoms with Crippen molar-refractivity contribution in [3.8, 4) is 5.75 Å². The highest BCUT2D eigenvalue weighted by Gasteiger charge is 2.31. The van der Waals surface area contributed by atoms with Crippen molar-refractivity contribution in [3.63, 3.8) is 0 Å². The van der Waals surface area contributed by atoms with E-state index in [0.717, 1.165) is 18.4 Å². The SMILES string of the molecule is CC1(C)COc2ccc(CCCCNC3CC3)cc21. The lowest BCUT2D eigenvalue weighted by Gasteiger charge is -2.15. The van der Waals surface area contributed by atoms with Crippen LogP contribution >= 0.6 is 0 Å². The van der Waals surface area contributed by atoms with Gasteiger partial charge in [0.2, 0.25) is 0 Å². The highest BCUT2D eigenvalue weighted by Crippen LogP contribution is 2.38. The molecule has 104 valence electrons. The van der Waals surface area contributed by atoms with E-state index >= 15 is 0 Å². The van der Waals surface area contributed by atoms with Gasteiger partial charge in [-0.1, -0.05) is 26.0 Å². The van der Waals surface area contributed by atoms with Crippen LogP contribution in [0.15, 0.2) is 18.2 Å². The molecule has 1 N–H and O–H groups in total. The number of hydrogen-bond donors (Lipinski definition) is 1. The number of ether oxygens (including phenoxy) is 1. The molecule has 1 aromatic carbocycles. The highest BCUT2D eigenvalue weighted by atomic mass is 16.5. The Kier molecular flexibility index (Phi) is 3.53. The number of aryl methyl sites for hydroxylation is 1. The summed E-state index contributed by atoms with van der Waals surface area (Å²) in [7, 11) is 0. The van der Waals surface area contributed by atoms with Crippen molar-refractivity contribution in [1.82, 2.24) is 5.32 Å². The van der Waals surface area contributed by atoms with E-state index < -0.39 is 0 Å². The highest BCUT2D eigenvalue weighted by molar-refractivity contribution is 5.45. The topological polar surface area (TPSA) is 21.3 Å². The van der Waals surface area contributed by atoms with Gasteiger partial charge in [-0.15, -0.1) is 0 Å². The Morgan fingerprint density at radius 2 is 2.11 bits per heavy atom. The molecule has 2 nitrogen and oxygen atoms in total. The largest absolute Gasteiger partial charge is 0.492 e. The molecule has 0 saturated heterocycles. The Bertz CT molecular complexity index is 449. The molecule has 0 unspecified atom stereocenters. The van der Waals surface area contributed by atoms with Gasteiger partial charge in [-0.05, 0) is 50.3 Å². The average molecular weight is 259 g/mol. The first kappa shape index (κ1) is 13.0. The fourth-order valence-corrected chi connectivity index (χ4v) is 2.77. The van der Waals surface area contributed by atoms with Gasteiger partial charge in [0.25, 0.3) is 0 Å². The molecule has 0 bridgehead atoms. The van der Waals surface area contributed by atoms with E-state index in [1.807, 2.05) is 0 Å². The zero-order chi connectivity index (χ0) is 13.3. The fraction of sp³-hybridized carbons (Fsp3) is 0.647. The van der Waals surface area contributed by atoms with Crippen LogP contribution in [0, 0.1) is 0 Å². The Labute approximate surface area is 116 Å². The molecule has 1 saturated carbocycles. The molecule has 0 radical (unpaired) electrons. The van der Waals surface area contributed by atoms with Crippen molar-refractivity contribution in [2.75, 3.05) is 13.2 Å². The number of fused-ring (bicyclic) bond motifs is 1. The van der Waals surface area contributed by atoms with Crippen LogP contribution in [0.3, 0.4) is 0 Å². The van der Waals surface area contributed by atoms with Crippen molar-refractivity contribution in [2.45, 2.75) is 57.4 Å². The molecule has 3 rings (SSSR count). The zero-order valence-corrected chi connectivity index (χ0v) is 12.2. The van der Waals surface area contributed by atoms with Crippen LogP contribution in [-0.2, 0) is 11.8 Å². The first-order valence-electron chi connectivity index (χ1n) is 7.65. The van der Waals surface area contributed by atoms with Crippen LogP contribution < -0.4 is 10.1 Å². The van der Waals surface area contributed by atoms with E-state index in [1.54, 1.807) is 0 Å². The van der Waals surface area contributed by atoms with Crippen molar-refractivity contribution in [2.24, 2.45) is 0 Å². The third kappa shape index (κ3) is 3.11. The number of rotatable bonds is 6. The van der Waals surface area contributed by atoms with Crippen molar-refractivity contribution in [1.29, 1.82) is 0 Å². The average Bonchev–Trinajstić information content (AvgIpc) is 3.16. The normalized spacial score (nSPS) is 20.1. The van der Waals surface area contributed by atoms with Gasteiger partial charge in [0.1, 0.15) is 5.75 Å². The van der Waals surface area contributed by atoms with Crippen molar-refractivity contribution in [3.05, 3.63) is 29.3 Å². The summed E-state index contributed by atoms with van der Waals surface area (Å²) >= 11 is 0. The third-order valence-electron chi connectivity index (χ3n) is 4.26. The summed E-state index contributed by atoms with van der Waals surface area (Å²) in [6, 6.07) is 7.59. The summed E-state index contributed by atoms with van der Waals surface area (Å²) in [6.07, 6.45) is 6.53. The van der Waals surface area contributed by atoms with Crippen molar-refractivity contribution >= 4 is 0 Å². The van der Waals surface area contributed by atoms with Gasteiger partial charge in [0.15, 0.2) is 0 Å². The quantitative estimate of drug-likeness (QED) is 0.790. The molecule has 1 aliphatic heterocycles. The Hall–Kier alpha value is -1.02. The van der Waals surface area contributed by atoms with E-state index in [9.17, 15) is 0 Å². The predicted molar refractivity (Wildman–Crippen MR) is 78.9 cm³/mol. The van der Waals surface area contributed by atoms with Gasteiger partial charge in [-0.2, -0.15) is 0 Å². The number of benzene rings is 1. The molecule has 0 atom stereocenters. The predicted octanol–water partition coefficient (Wildman–Crippen LogP) is 3.43. The lowest BCUT2D eigenvalue weighted by molar-refractivity contribution is 0.291. The maximum Gasteiger partial charge on any atom is 0.123 e. The van der Waals surface area contributed by atoms with E-state index in [2.05, 4.69) is 37.4 Å². The monoisotopic (exact) mass is 259 g/mol. The summed E-state index contributed by atoms with van der Waals surface area (Å²) in [4.78, 5) is 0. The van der Waals surface area contributed by atoms with Crippen molar-refractivity contribution < 1.29 is 4.74 Å². The van der Waals surface area contributed by atoms with E-state index in [4.69, 9.17) is 4.74 Å². The Morgan fingerprint density at radius 3 is 2.89 bits per heavy atom. The van der Waals surface area contributed by atoms with Crippen LogP contribution in [0.25, 0.3) is 0 Å². The molecule has 0 aromatic heterocycles. The van der Waals surface area contributed by atoms with Gasteiger partial charge in [0.05, 0.1) is 6.61 Å². The minimum Gasteiger partial charge on any atom is -0.492 e. The first-order valence-corrected chi connectivity index (χ1v) is 7.65. The smallest absolute Gasteiger partial charge is 0.123 e. The molecule has 0 spiro atoms. The lowest BCUT2D eigenvalue weighted by atomic mass is 9.86. The second kappa shape index (κ2) is 5.16. The fourth-order valence-electron chi connectivity index (χ4n) is 2.77. The standard InChI is InChI=1S/C17H25NO/c1-17(2)12-19-16-9-6-13(11-15(16)17)5-3-4-10-18-14-7-8-14/h6,9,11,14,18H,3-5,7-8,10,12H2,1-2H3. The van der Waals surface area contributed by atoms with E-state index in [-0.39, 0.29) is 5.41 Å². The summed E-state index contributed by atoms with van der Waals surface area (Å²) in [5.41, 5.74) is 3.03. The Morgan fingerprint density at radius 1 is 1.26 bits per heavy atom. The number of unbranched alkanes of at least 4 members (excludes halogenated alkanes) is 1. The molecular weight excluding hydrogens is 234 g/mol. The van der Waals surface area contributed by atoms with Gasteiger partial charge in [-0.3, -0.25) is 0 Å². The van der Waals surface area contributed by atoms with Crippen LogP contribution in [0.2, 0.25) is 0 Å². The second-order valence-electron chi connectivity index (χ2n) is 6.69. The molecule has 1 aliphatic carbocycles. The van der Waals surface area contributed by atoms with Crippen LogP contribution in [0.4, 0.5) is 0 Å². The van der Waals surface area contributed by atoms with Gasteiger partial charge < -0.3 is 10.1 Å². The van der Waals surface area contributed by atoms with E-state index in [0.29, 0.717) is 0 Å². The van der Waals surface area contributed by atoms with Crippen LogP contribution in [-0.4, -0.2) is 19.2 Å². The minimum atomic E-state index is 0.179. The maximum absolute atomic E-state index is 5.74. The number of nitrogens with one attached hydrogen (secondary N) is 1.